The van der Waals surface area contributed by atoms with E-state index < -0.39 is 0 Å². The number of amides is 1. The number of benzene rings is 2. The molecular formula is C14H9BrCl2INO2. The summed E-state index contributed by atoms with van der Waals surface area (Å²) in [5.41, 5.74) is 0.982. The van der Waals surface area contributed by atoms with E-state index in [-0.39, 0.29) is 11.5 Å². The van der Waals surface area contributed by atoms with E-state index in [0.29, 0.717) is 21.5 Å². The Labute approximate surface area is 154 Å². The summed E-state index contributed by atoms with van der Waals surface area (Å²) in [6, 6.07) is 8.61. The second-order valence-electron chi connectivity index (χ2n) is 4.05. The van der Waals surface area contributed by atoms with Crippen LogP contribution in [0, 0.1) is 3.57 Å². The first-order valence-corrected chi connectivity index (χ1v) is 8.34. The molecule has 0 aliphatic heterocycles. The van der Waals surface area contributed by atoms with Gasteiger partial charge in [-0.25, -0.2) is 0 Å². The van der Waals surface area contributed by atoms with Gasteiger partial charge in [0.2, 0.25) is 0 Å². The van der Waals surface area contributed by atoms with Crippen LogP contribution in [0.5, 0.6) is 5.75 Å². The van der Waals surface area contributed by atoms with Gasteiger partial charge < -0.3 is 10.1 Å². The summed E-state index contributed by atoms with van der Waals surface area (Å²) in [7, 11) is 1.45. The number of carbonyl (C=O) groups excluding carboxylic acids is 1. The molecule has 0 fully saturated rings. The van der Waals surface area contributed by atoms with E-state index in [1.807, 2.05) is 18.2 Å². The molecule has 1 N–H and O–H groups in total. The number of halogens is 4. The molecule has 2 aromatic carbocycles. The first-order valence-electron chi connectivity index (χ1n) is 5.72. The fourth-order valence-electron chi connectivity index (χ4n) is 1.72. The van der Waals surface area contributed by atoms with Crippen LogP contribution in [0.15, 0.2) is 34.8 Å². The summed E-state index contributed by atoms with van der Waals surface area (Å²) in [6.07, 6.45) is 0. The van der Waals surface area contributed by atoms with Crippen molar-refractivity contribution < 1.29 is 9.53 Å². The Morgan fingerprint density at radius 1 is 1.29 bits per heavy atom. The molecule has 2 rings (SSSR count). The number of ether oxygens (including phenoxy) is 1. The molecule has 0 bridgehead atoms. The van der Waals surface area contributed by atoms with Gasteiger partial charge in [0.05, 0.1) is 23.4 Å². The van der Waals surface area contributed by atoms with Crippen LogP contribution in [0.25, 0.3) is 0 Å². The van der Waals surface area contributed by atoms with Gasteiger partial charge in [0, 0.05) is 13.1 Å². The molecule has 110 valence electrons. The summed E-state index contributed by atoms with van der Waals surface area (Å²) in [5, 5.41) is 3.48. The maximum atomic E-state index is 12.4. The zero-order valence-corrected chi connectivity index (χ0v) is 16.0. The molecule has 21 heavy (non-hydrogen) atoms. The maximum absolute atomic E-state index is 12.4. The van der Waals surface area contributed by atoms with E-state index in [0.717, 1.165) is 8.04 Å². The number of hydrogen-bond donors (Lipinski definition) is 1. The molecule has 1 amide bonds. The van der Waals surface area contributed by atoms with Crippen molar-refractivity contribution in [2.75, 3.05) is 12.4 Å². The number of methoxy groups -OCH3 is 1. The van der Waals surface area contributed by atoms with Crippen LogP contribution in [0.1, 0.15) is 10.4 Å². The van der Waals surface area contributed by atoms with Crippen LogP contribution in [0.3, 0.4) is 0 Å². The van der Waals surface area contributed by atoms with Gasteiger partial charge in [-0.2, -0.15) is 0 Å². The third-order valence-electron chi connectivity index (χ3n) is 2.64. The molecule has 0 spiro atoms. The highest BCUT2D eigenvalue weighted by Gasteiger charge is 2.17. The standard InChI is InChI=1S/C14H9BrCl2INO2/c1-21-13-9(5-8(16)6-10(13)17)14(20)19-12-3-2-7(15)4-11(12)18/h2-6H,1H3,(H,19,20). The van der Waals surface area contributed by atoms with Crippen molar-refractivity contribution in [3.63, 3.8) is 0 Å². The minimum absolute atomic E-state index is 0.286. The van der Waals surface area contributed by atoms with Crippen molar-refractivity contribution >= 4 is 73.3 Å². The highest BCUT2D eigenvalue weighted by atomic mass is 127. The van der Waals surface area contributed by atoms with Crippen molar-refractivity contribution in [1.29, 1.82) is 0 Å². The molecule has 0 saturated carbocycles. The van der Waals surface area contributed by atoms with Gasteiger partial charge in [-0.1, -0.05) is 39.1 Å². The largest absolute Gasteiger partial charge is 0.494 e. The topological polar surface area (TPSA) is 38.3 Å². The number of nitrogens with one attached hydrogen (secondary N) is 1. The van der Waals surface area contributed by atoms with Crippen LogP contribution < -0.4 is 10.1 Å². The summed E-state index contributed by atoms with van der Waals surface area (Å²) in [6.45, 7) is 0. The first kappa shape index (κ1) is 16.9. The molecule has 0 radical (unpaired) electrons. The monoisotopic (exact) mass is 499 g/mol. The second-order valence-corrected chi connectivity index (χ2v) is 6.97. The highest BCUT2D eigenvalue weighted by Crippen LogP contribution is 2.33. The second kappa shape index (κ2) is 7.17. The van der Waals surface area contributed by atoms with Gasteiger partial charge in [-0.3, -0.25) is 4.79 Å². The van der Waals surface area contributed by atoms with Crippen molar-refractivity contribution in [2.24, 2.45) is 0 Å². The van der Waals surface area contributed by atoms with Gasteiger partial charge >= 0.3 is 0 Å². The summed E-state index contributed by atoms with van der Waals surface area (Å²) in [5.74, 6) is -0.0397. The Morgan fingerprint density at radius 3 is 2.62 bits per heavy atom. The van der Waals surface area contributed by atoms with Gasteiger partial charge in [-0.05, 0) is 52.9 Å². The molecular weight excluding hydrogens is 492 g/mol. The van der Waals surface area contributed by atoms with Crippen LogP contribution in [0.2, 0.25) is 10.0 Å². The van der Waals surface area contributed by atoms with Gasteiger partial charge in [-0.15, -0.1) is 0 Å². The van der Waals surface area contributed by atoms with Gasteiger partial charge in [0.1, 0.15) is 5.75 Å². The van der Waals surface area contributed by atoms with E-state index >= 15 is 0 Å². The van der Waals surface area contributed by atoms with E-state index in [2.05, 4.69) is 43.8 Å². The van der Waals surface area contributed by atoms with Crippen molar-refractivity contribution in [3.8, 4) is 5.75 Å². The summed E-state index contributed by atoms with van der Waals surface area (Å²) < 4.78 is 7.02. The summed E-state index contributed by atoms with van der Waals surface area (Å²) >= 11 is 17.5. The van der Waals surface area contributed by atoms with Gasteiger partial charge in [0.25, 0.3) is 5.91 Å². The Kier molecular flexibility index (Phi) is 5.76. The Hall–Kier alpha value is -0.500. The fraction of sp³-hybridized carbons (Fsp3) is 0.0714. The molecule has 0 aromatic heterocycles. The third-order valence-corrected chi connectivity index (χ3v) is 4.52. The molecule has 2 aromatic rings. The molecule has 7 heteroatoms. The van der Waals surface area contributed by atoms with Crippen LogP contribution in [0.4, 0.5) is 5.69 Å². The number of hydrogen-bond acceptors (Lipinski definition) is 2. The summed E-state index contributed by atoms with van der Waals surface area (Å²) in [4.78, 5) is 12.4. The molecule has 0 aliphatic carbocycles. The van der Waals surface area contributed by atoms with Gasteiger partial charge in [0.15, 0.2) is 0 Å². The third kappa shape index (κ3) is 4.03. The van der Waals surface area contributed by atoms with E-state index in [1.54, 1.807) is 0 Å². The number of anilines is 1. The van der Waals surface area contributed by atoms with E-state index in [1.165, 1.54) is 19.2 Å². The SMILES string of the molecule is COc1c(Cl)cc(Cl)cc1C(=O)Nc1ccc(Br)cc1I. The normalized spacial score (nSPS) is 10.3. The lowest BCUT2D eigenvalue weighted by molar-refractivity contribution is 0.102. The average Bonchev–Trinajstić information content (AvgIpc) is 2.41. The molecule has 3 nitrogen and oxygen atoms in total. The first-order chi connectivity index (χ1) is 9.92. The van der Waals surface area contributed by atoms with Crippen LogP contribution >= 0.6 is 61.7 Å². The molecule has 0 heterocycles. The predicted molar refractivity (Wildman–Crippen MR) is 97.8 cm³/mol. The molecule has 0 atom stereocenters. The van der Waals surface area contributed by atoms with Crippen LogP contribution in [-0.4, -0.2) is 13.0 Å². The lowest BCUT2D eigenvalue weighted by Crippen LogP contribution is -2.14. The number of rotatable bonds is 3. The van der Waals surface area contributed by atoms with E-state index in [4.69, 9.17) is 27.9 Å². The Balaban J connectivity index is 2.36. The highest BCUT2D eigenvalue weighted by molar-refractivity contribution is 14.1. The zero-order valence-electron chi connectivity index (χ0n) is 10.7. The van der Waals surface area contributed by atoms with Crippen LogP contribution in [-0.2, 0) is 0 Å². The van der Waals surface area contributed by atoms with Crippen molar-refractivity contribution in [1.82, 2.24) is 0 Å². The van der Waals surface area contributed by atoms with Crippen molar-refractivity contribution in [3.05, 3.63) is 54.0 Å². The zero-order chi connectivity index (χ0) is 15.6. The molecule has 0 aliphatic rings. The Bertz CT molecular complexity index is 710. The predicted octanol–water partition coefficient (Wildman–Crippen LogP) is 5.62. The van der Waals surface area contributed by atoms with Crippen molar-refractivity contribution in [2.45, 2.75) is 0 Å². The quantitative estimate of drug-likeness (QED) is 0.555. The molecule has 0 unspecified atom stereocenters. The minimum atomic E-state index is -0.337. The average molecular weight is 501 g/mol. The van der Waals surface area contributed by atoms with E-state index in [9.17, 15) is 4.79 Å². The maximum Gasteiger partial charge on any atom is 0.259 e. The smallest absolute Gasteiger partial charge is 0.259 e. The fourth-order valence-corrected chi connectivity index (χ4v) is 3.73. The lowest BCUT2D eigenvalue weighted by atomic mass is 10.1. The number of carbonyl (C=O) groups is 1. The Morgan fingerprint density at radius 2 is 2.00 bits per heavy atom. The molecule has 0 saturated heterocycles. The minimum Gasteiger partial charge on any atom is -0.494 e. The lowest BCUT2D eigenvalue weighted by Gasteiger charge is -2.12.